The second-order valence-electron chi connectivity index (χ2n) is 6.18. The largest absolute Gasteiger partial charge is 0.302 e. The molecular formula is C18H24ClNS. The molecule has 1 aromatic heterocycles. The first-order chi connectivity index (χ1) is 9.99. The minimum Gasteiger partial charge on any atom is -0.302 e. The minimum atomic E-state index is 0.330. The standard InChI is InChI=1S/C18H24ClNS/c1-12(2)17(14-7-9-15(19)10-8-14)20-18(13(3)4)16-6-5-11-21-16/h5-13,17-18,20H,1-4H3. The molecule has 0 saturated heterocycles. The molecule has 0 saturated carbocycles. The third kappa shape index (κ3) is 4.32. The molecule has 0 spiro atoms. The van der Waals surface area contributed by atoms with Gasteiger partial charge in [-0.15, -0.1) is 11.3 Å². The molecule has 0 bridgehead atoms. The van der Waals surface area contributed by atoms with Gasteiger partial charge in [-0.2, -0.15) is 0 Å². The summed E-state index contributed by atoms with van der Waals surface area (Å²) in [6.45, 7) is 9.07. The summed E-state index contributed by atoms with van der Waals surface area (Å²) >= 11 is 7.84. The van der Waals surface area contributed by atoms with E-state index in [0.717, 1.165) is 5.02 Å². The van der Waals surface area contributed by atoms with Gasteiger partial charge >= 0.3 is 0 Å². The van der Waals surface area contributed by atoms with Crippen LogP contribution in [0.3, 0.4) is 0 Å². The molecule has 2 atom stereocenters. The lowest BCUT2D eigenvalue weighted by atomic mass is 9.92. The van der Waals surface area contributed by atoms with Gasteiger partial charge in [0.15, 0.2) is 0 Å². The topological polar surface area (TPSA) is 12.0 Å². The van der Waals surface area contributed by atoms with E-state index in [-0.39, 0.29) is 0 Å². The third-order valence-corrected chi connectivity index (χ3v) is 4.98. The molecule has 0 radical (unpaired) electrons. The molecule has 1 nitrogen and oxygen atoms in total. The Morgan fingerprint density at radius 3 is 2.00 bits per heavy atom. The van der Waals surface area contributed by atoms with Crippen LogP contribution in [0.2, 0.25) is 5.02 Å². The van der Waals surface area contributed by atoms with Crippen LogP contribution in [0.5, 0.6) is 0 Å². The van der Waals surface area contributed by atoms with Crippen LogP contribution in [0.25, 0.3) is 0 Å². The Kier molecular flexibility index (Phi) is 5.86. The predicted molar refractivity (Wildman–Crippen MR) is 94.1 cm³/mol. The van der Waals surface area contributed by atoms with Crippen LogP contribution in [-0.2, 0) is 0 Å². The fourth-order valence-corrected chi connectivity index (χ4v) is 3.69. The molecule has 2 unspecified atom stereocenters. The summed E-state index contributed by atoms with van der Waals surface area (Å²) in [6, 6.07) is 13.3. The Morgan fingerprint density at radius 1 is 0.905 bits per heavy atom. The van der Waals surface area contributed by atoms with E-state index in [9.17, 15) is 0 Å². The second-order valence-corrected chi connectivity index (χ2v) is 7.59. The molecule has 2 aromatic rings. The van der Waals surface area contributed by atoms with E-state index >= 15 is 0 Å². The highest BCUT2D eigenvalue weighted by Crippen LogP contribution is 2.32. The van der Waals surface area contributed by atoms with Crippen molar-refractivity contribution < 1.29 is 0 Å². The first-order valence-corrected chi connectivity index (χ1v) is 8.79. The average Bonchev–Trinajstić information content (AvgIpc) is 2.94. The van der Waals surface area contributed by atoms with E-state index in [1.807, 2.05) is 23.5 Å². The predicted octanol–water partition coefficient (Wildman–Crippen LogP) is 6.09. The number of benzene rings is 1. The van der Waals surface area contributed by atoms with E-state index in [2.05, 4.69) is 62.7 Å². The molecular weight excluding hydrogens is 298 g/mol. The minimum absolute atomic E-state index is 0.330. The zero-order valence-corrected chi connectivity index (χ0v) is 14.7. The first kappa shape index (κ1) is 16.5. The maximum Gasteiger partial charge on any atom is 0.0442 e. The third-order valence-electron chi connectivity index (χ3n) is 3.77. The molecule has 1 heterocycles. The van der Waals surface area contributed by atoms with Gasteiger partial charge in [0.25, 0.3) is 0 Å². The number of hydrogen-bond acceptors (Lipinski definition) is 2. The van der Waals surface area contributed by atoms with Gasteiger partial charge in [0, 0.05) is 22.0 Å². The van der Waals surface area contributed by atoms with Gasteiger partial charge in [-0.25, -0.2) is 0 Å². The fraction of sp³-hybridized carbons (Fsp3) is 0.444. The van der Waals surface area contributed by atoms with Crippen molar-refractivity contribution in [2.24, 2.45) is 11.8 Å². The monoisotopic (exact) mass is 321 g/mol. The Balaban J connectivity index is 2.24. The Bertz CT molecular complexity index is 531. The van der Waals surface area contributed by atoms with Crippen molar-refractivity contribution in [2.75, 3.05) is 0 Å². The van der Waals surface area contributed by atoms with Gasteiger partial charge < -0.3 is 5.32 Å². The fourth-order valence-electron chi connectivity index (χ4n) is 2.61. The SMILES string of the molecule is CC(C)C(NC(c1cccs1)C(C)C)c1ccc(Cl)cc1. The first-order valence-electron chi connectivity index (χ1n) is 7.54. The lowest BCUT2D eigenvalue weighted by molar-refractivity contribution is 0.316. The maximum atomic E-state index is 6.01. The highest BCUT2D eigenvalue weighted by atomic mass is 35.5. The van der Waals surface area contributed by atoms with Crippen molar-refractivity contribution in [1.82, 2.24) is 5.32 Å². The van der Waals surface area contributed by atoms with Crippen molar-refractivity contribution in [1.29, 1.82) is 0 Å². The van der Waals surface area contributed by atoms with Crippen LogP contribution in [0.1, 0.15) is 50.2 Å². The molecule has 1 aromatic carbocycles. The molecule has 0 aliphatic heterocycles. The van der Waals surface area contributed by atoms with Crippen LogP contribution in [0.15, 0.2) is 41.8 Å². The van der Waals surface area contributed by atoms with Gasteiger partial charge in [0.1, 0.15) is 0 Å². The number of nitrogens with one attached hydrogen (secondary N) is 1. The summed E-state index contributed by atoms with van der Waals surface area (Å²) in [6.07, 6.45) is 0. The van der Waals surface area contributed by atoms with Crippen molar-refractivity contribution in [3.8, 4) is 0 Å². The van der Waals surface area contributed by atoms with Crippen LogP contribution in [0, 0.1) is 11.8 Å². The summed E-state index contributed by atoms with van der Waals surface area (Å²) in [5.74, 6) is 1.07. The highest BCUT2D eigenvalue weighted by Gasteiger charge is 2.23. The van der Waals surface area contributed by atoms with E-state index in [1.54, 1.807) is 0 Å². The number of halogens is 1. The van der Waals surface area contributed by atoms with Crippen LogP contribution in [0.4, 0.5) is 0 Å². The van der Waals surface area contributed by atoms with E-state index in [4.69, 9.17) is 11.6 Å². The number of hydrogen-bond donors (Lipinski definition) is 1. The smallest absolute Gasteiger partial charge is 0.0442 e. The average molecular weight is 322 g/mol. The number of thiophene rings is 1. The molecule has 2 rings (SSSR count). The van der Waals surface area contributed by atoms with E-state index in [1.165, 1.54) is 10.4 Å². The lowest BCUT2D eigenvalue weighted by Crippen LogP contribution is -2.32. The van der Waals surface area contributed by atoms with Crippen molar-refractivity contribution >= 4 is 22.9 Å². The lowest BCUT2D eigenvalue weighted by Gasteiger charge is -2.30. The molecule has 0 amide bonds. The highest BCUT2D eigenvalue weighted by molar-refractivity contribution is 7.10. The quantitative estimate of drug-likeness (QED) is 0.679. The van der Waals surface area contributed by atoms with Gasteiger partial charge in [-0.05, 0) is 41.0 Å². The summed E-state index contributed by atoms with van der Waals surface area (Å²) in [7, 11) is 0. The van der Waals surface area contributed by atoms with Crippen molar-refractivity contribution in [3.63, 3.8) is 0 Å². The Hall–Kier alpha value is -0.830. The summed E-state index contributed by atoms with van der Waals surface area (Å²) in [5, 5.41) is 6.80. The summed E-state index contributed by atoms with van der Waals surface area (Å²) < 4.78 is 0. The zero-order valence-electron chi connectivity index (χ0n) is 13.1. The van der Waals surface area contributed by atoms with E-state index < -0.39 is 0 Å². The molecule has 21 heavy (non-hydrogen) atoms. The van der Waals surface area contributed by atoms with Gasteiger partial charge in [-0.3, -0.25) is 0 Å². The summed E-state index contributed by atoms with van der Waals surface area (Å²) in [4.78, 5) is 1.41. The van der Waals surface area contributed by atoms with Crippen LogP contribution in [-0.4, -0.2) is 0 Å². The van der Waals surface area contributed by atoms with Crippen LogP contribution >= 0.6 is 22.9 Å². The van der Waals surface area contributed by atoms with Gasteiger partial charge in [0.2, 0.25) is 0 Å². The molecule has 0 fully saturated rings. The molecule has 0 aliphatic carbocycles. The van der Waals surface area contributed by atoms with Crippen molar-refractivity contribution in [2.45, 2.75) is 39.8 Å². The Labute approximate surface area is 137 Å². The maximum absolute atomic E-state index is 6.01. The Morgan fingerprint density at radius 2 is 1.52 bits per heavy atom. The number of rotatable bonds is 6. The van der Waals surface area contributed by atoms with Gasteiger partial charge in [0.05, 0.1) is 0 Å². The molecule has 3 heteroatoms. The molecule has 1 N–H and O–H groups in total. The zero-order chi connectivity index (χ0) is 15.4. The van der Waals surface area contributed by atoms with E-state index in [0.29, 0.717) is 23.9 Å². The van der Waals surface area contributed by atoms with Crippen molar-refractivity contribution in [3.05, 3.63) is 57.2 Å². The molecule has 0 aliphatic rings. The second kappa shape index (κ2) is 7.44. The summed E-state index contributed by atoms with van der Waals surface area (Å²) in [5.41, 5.74) is 1.30. The van der Waals surface area contributed by atoms with Crippen LogP contribution < -0.4 is 5.32 Å². The molecule has 114 valence electrons. The van der Waals surface area contributed by atoms with Gasteiger partial charge in [-0.1, -0.05) is 57.5 Å². The normalized spacial score (nSPS) is 14.6.